The summed E-state index contributed by atoms with van der Waals surface area (Å²) in [5, 5.41) is 23.3. The monoisotopic (exact) mass is 428 g/mol. The van der Waals surface area contributed by atoms with E-state index in [0.717, 1.165) is 37.7 Å². The van der Waals surface area contributed by atoms with E-state index in [0.29, 0.717) is 17.7 Å². The highest BCUT2D eigenvalue weighted by atomic mass is 16.5. The number of hydrogen-bond acceptors (Lipinski definition) is 5. The molecule has 1 aromatic rings. The molecule has 1 heterocycles. The highest BCUT2D eigenvalue weighted by Gasteiger charge is 2.51. The number of carbonyl (C=O) groups excluding carboxylic acids is 2. The molecular formula is C24H32N2O5. The molecule has 0 aromatic heterocycles. The number of para-hydroxylation sites is 1. The van der Waals surface area contributed by atoms with E-state index < -0.39 is 24.2 Å². The van der Waals surface area contributed by atoms with Crippen LogP contribution in [0.5, 0.6) is 5.75 Å². The lowest BCUT2D eigenvalue weighted by Crippen LogP contribution is -2.58. The average Bonchev–Trinajstić information content (AvgIpc) is 3.20. The molecule has 1 aromatic carbocycles. The third-order valence-corrected chi connectivity index (χ3v) is 6.76. The smallest absolute Gasteiger partial charge is 0.247 e. The van der Waals surface area contributed by atoms with Gasteiger partial charge in [-0.1, -0.05) is 44.4 Å². The van der Waals surface area contributed by atoms with Gasteiger partial charge in [0.25, 0.3) is 0 Å². The van der Waals surface area contributed by atoms with Gasteiger partial charge in [-0.25, -0.2) is 0 Å². The predicted octanol–water partition coefficient (Wildman–Crippen LogP) is 1.88. The maximum absolute atomic E-state index is 13.1. The molecule has 4 unspecified atom stereocenters. The molecule has 0 spiro atoms. The fraction of sp³-hybridized carbons (Fsp3) is 0.583. The zero-order chi connectivity index (χ0) is 22.0. The van der Waals surface area contributed by atoms with Crippen LogP contribution in [0.3, 0.4) is 0 Å². The first-order chi connectivity index (χ1) is 15.1. The number of aliphatic hydroxyl groups excluding tert-OH is 2. The molecule has 0 radical (unpaired) electrons. The summed E-state index contributed by atoms with van der Waals surface area (Å²) in [4.78, 5) is 27.9. The third-order valence-electron chi connectivity index (χ3n) is 6.76. The van der Waals surface area contributed by atoms with Gasteiger partial charge in [-0.15, -0.1) is 0 Å². The Labute approximate surface area is 183 Å². The number of nitrogens with one attached hydrogen (secondary N) is 1. The summed E-state index contributed by atoms with van der Waals surface area (Å²) >= 11 is 0. The van der Waals surface area contributed by atoms with E-state index in [1.54, 1.807) is 6.08 Å². The summed E-state index contributed by atoms with van der Waals surface area (Å²) in [5.74, 6) is -0.0692. The predicted molar refractivity (Wildman–Crippen MR) is 116 cm³/mol. The fourth-order valence-electron chi connectivity index (χ4n) is 5.32. The number of hydrogen-bond donors (Lipinski definition) is 3. The van der Waals surface area contributed by atoms with Gasteiger partial charge >= 0.3 is 0 Å². The van der Waals surface area contributed by atoms with Gasteiger partial charge in [-0.2, -0.15) is 0 Å². The van der Waals surface area contributed by atoms with Gasteiger partial charge in [0.15, 0.2) is 0 Å². The minimum atomic E-state index is -0.941. The second-order valence-corrected chi connectivity index (χ2v) is 8.63. The summed E-state index contributed by atoms with van der Waals surface area (Å²) in [6, 6.07) is 6.94. The maximum Gasteiger partial charge on any atom is 0.247 e. The molecule has 168 valence electrons. The Kier molecular flexibility index (Phi) is 6.62. The maximum atomic E-state index is 13.1. The molecule has 2 aliphatic carbocycles. The zero-order valence-corrected chi connectivity index (χ0v) is 18.0. The Hall–Kier alpha value is -2.38. The molecule has 31 heavy (non-hydrogen) atoms. The van der Waals surface area contributed by atoms with Crippen LogP contribution in [0.15, 0.2) is 35.9 Å². The molecule has 7 nitrogen and oxygen atoms in total. The summed E-state index contributed by atoms with van der Waals surface area (Å²) in [7, 11) is 0. The van der Waals surface area contributed by atoms with Crippen molar-refractivity contribution in [1.29, 1.82) is 0 Å². The molecule has 2 amide bonds. The normalized spacial score (nSPS) is 27.5. The van der Waals surface area contributed by atoms with Gasteiger partial charge in [0, 0.05) is 30.1 Å². The number of fused-ring (bicyclic) bond motifs is 3. The Morgan fingerprint density at radius 1 is 1.19 bits per heavy atom. The van der Waals surface area contributed by atoms with Gasteiger partial charge in [0.2, 0.25) is 11.8 Å². The molecule has 0 saturated heterocycles. The lowest BCUT2D eigenvalue weighted by Gasteiger charge is -2.45. The van der Waals surface area contributed by atoms with Crippen molar-refractivity contribution >= 4 is 11.8 Å². The van der Waals surface area contributed by atoms with E-state index in [1.165, 1.54) is 0 Å². The number of carbonyl (C=O) groups is 2. The van der Waals surface area contributed by atoms with E-state index >= 15 is 0 Å². The van der Waals surface area contributed by atoms with Crippen molar-refractivity contribution in [2.24, 2.45) is 0 Å². The van der Waals surface area contributed by atoms with Gasteiger partial charge in [-0.05, 0) is 25.0 Å². The molecule has 1 aliphatic heterocycles. The number of amides is 2. The van der Waals surface area contributed by atoms with Crippen LogP contribution in [-0.2, 0) is 9.59 Å². The second kappa shape index (κ2) is 9.40. The number of aliphatic hydroxyl groups is 2. The molecular weight excluding hydrogens is 396 g/mol. The standard InChI is InChI=1S/C24H32N2O5/c1-2-20(28)26(15-8-4-3-5-9-15)18-14-17(24(30)25-12-13-27)21-16-10-6-7-11-19(16)31-23(21)22(18)29/h6-7,10-11,14-15,18,21-23,27,29H,2-5,8-9,12-13H2,1H3,(H,25,30). The van der Waals surface area contributed by atoms with Crippen molar-refractivity contribution < 1.29 is 24.5 Å². The van der Waals surface area contributed by atoms with Gasteiger partial charge < -0.3 is 25.2 Å². The van der Waals surface area contributed by atoms with Gasteiger partial charge in [-0.3, -0.25) is 9.59 Å². The van der Waals surface area contributed by atoms with Gasteiger partial charge in [0.1, 0.15) is 18.0 Å². The summed E-state index contributed by atoms with van der Waals surface area (Å²) in [6.45, 7) is 1.81. The Bertz CT molecular complexity index is 848. The van der Waals surface area contributed by atoms with E-state index in [9.17, 15) is 14.7 Å². The molecule has 3 N–H and O–H groups in total. The van der Waals surface area contributed by atoms with Crippen LogP contribution in [0.25, 0.3) is 0 Å². The van der Waals surface area contributed by atoms with Crippen LogP contribution in [-0.4, -0.2) is 64.4 Å². The highest BCUT2D eigenvalue weighted by Crippen LogP contribution is 2.47. The first kappa shape index (κ1) is 21.8. The van der Waals surface area contributed by atoms with Crippen LogP contribution >= 0.6 is 0 Å². The van der Waals surface area contributed by atoms with E-state index in [1.807, 2.05) is 36.1 Å². The van der Waals surface area contributed by atoms with Crippen LogP contribution < -0.4 is 10.1 Å². The van der Waals surface area contributed by atoms with E-state index in [4.69, 9.17) is 9.84 Å². The van der Waals surface area contributed by atoms with Crippen LogP contribution in [0.2, 0.25) is 0 Å². The number of rotatable bonds is 6. The minimum Gasteiger partial charge on any atom is -0.486 e. The molecule has 3 aliphatic rings. The second-order valence-electron chi connectivity index (χ2n) is 8.63. The Morgan fingerprint density at radius 3 is 2.65 bits per heavy atom. The van der Waals surface area contributed by atoms with Crippen LogP contribution in [0.4, 0.5) is 0 Å². The van der Waals surface area contributed by atoms with Crippen molar-refractivity contribution in [2.45, 2.75) is 75.7 Å². The fourth-order valence-corrected chi connectivity index (χ4v) is 5.32. The number of benzene rings is 1. The number of ether oxygens (including phenoxy) is 1. The average molecular weight is 429 g/mol. The molecule has 4 atom stereocenters. The lowest BCUT2D eigenvalue weighted by atomic mass is 9.77. The Morgan fingerprint density at radius 2 is 1.94 bits per heavy atom. The zero-order valence-electron chi connectivity index (χ0n) is 18.0. The summed E-state index contributed by atoms with van der Waals surface area (Å²) < 4.78 is 6.13. The van der Waals surface area contributed by atoms with Crippen molar-refractivity contribution in [3.05, 3.63) is 41.5 Å². The topological polar surface area (TPSA) is 99.1 Å². The third kappa shape index (κ3) is 4.08. The van der Waals surface area contributed by atoms with Crippen molar-refractivity contribution in [2.75, 3.05) is 13.2 Å². The molecule has 4 rings (SSSR count). The molecule has 0 bridgehead atoms. The highest BCUT2D eigenvalue weighted by molar-refractivity contribution is 5.96. The number of nitrogens with zero attached hydrogens (tertiary/aromatic N) is 1. The minimum absolute atomic E-state index is 0.0173. The van der Waals surface area contributed by atoms with Crippen molar-refractivity contribution in [1.82, 2.24) is 10.2 Å². The van der Waals surface area contributed by atoms with Crippen LogP contribution in [0, 0.1) is 0 Å². The van der Waals surface area contributed by atoms with Crippen molar-refractivity contribution in [3.8, 4) is 5.75 Å². The lowest BCUT2D eigenvalue weighted by molar-refractivity contribution is -0.141. The van der Waals surface area contributed by atoms with Crippen molar-refractivity contribution in [3.63, 3.8) is 0 Å². The molecule has 1 fully saturated rings. The van der Waals surface area contributed by atoms with Gasteiger partial charge in [0.05, 0.1) is 18.6 Å². The largest absolute Gasteiger partial charge is 0.486 e. The first-order valence-corrected chi connectivity index (χ1v) is 11.4. The summed E-state index contributed by atoms with van der Waals surface area (Å²) in [5.41, 5.74) is 1.35. The molecule has 7 heteroatoms. The summed E-state index contributed by atoms with van der Waals surface area (Å²) in [6.07, 6.45) is 5.62. The first-order valence-electron chi connectivity index (χ1n) is 11.4. The molecule has 1 saturated carbocycles. The Balaban J connectivity index is 1.75. The quantitative estimate of drug-likeness (QED) is 0.643. The SMILES string of the molecule is CCC(=O)N(C1CCCCC1)C1C=C(C(=O)NCCO)C2c3ccccc3OC2C1O. The van der Waals surface area contributed by atoms with E-state index in [-0.39, 0.29) is 31.0 Å². The van der Waals surface area contributed by atoms with E-state index in [2.05, 4.69) is 5.32 Å². The van der Waals surface area contributed by atoms with Crippen LogP contribution in [0.1, 0.15) is 56.9 Å².